The van der Waals surface area contributed by atoms with Gasteiger partial charge in [0.2, 0.25) is 4.77 Å². The van der Waals surface area contributed by atoms with Crippen molar-refractivity contribution >= 4 is 17.9 Å². The van der Waals surface area contributed by atoms with Gasteiger partial charge >= 0.3 is 0 Å². The standard InChI is InChI=1S/C25H19N3S/c1-17-7-9-20(10-8-17)22-15-26-25(29)28-16-23(27-24(22)28)21-13-11-19(12-14-21)18-5-3-2-4-6-18/h2-16,27H,1H3. The second kappa shape index (κ2) is 7.15. The van der Waals surface area contributed by atoms with Crippen molar-refractivity contribution in [2.24, 2.45) is 0 Å². The van der Waals surface area contributed by atoms with Crippen molar-refractivity contribution in [1.29, 1.82) is 0 Å². The number of hydrogen-bond acceptors (Lipinski definition) is 2. The van der Waals surface area contributed by atoms with Gasteiger partial charge in [-0.2, -0.15) is 0 Å². The Kier molecular flexibility index (Phi) is 4.34. The van der Waals surface area contributed by atoms with E-state index >= 15 is 0 Å². The molecule has 0 radical (unpaired) electrons. The maximum Gasteiger partial charge on any atom is 0.205 e. The van der Waals surface area contributed by atoms with Crippen molar-refractivity contribution in [3.05, 3.63) is 102 Å². The van der Waals surface area contributed by atoms with Crippen LogP contribution in [0.4, 0.5) is 0 Å². The number of aromatic amines is 1. The molecule has 5 aromatic rings. The molecule has 0 bridgehead atoms. The van der Waals surface area contributed by atoms with E-state index in [-0.39, 0.29) is 0 Å². The van der Waals surface area contributed by atoms with Gasteiger partial charge in [-0.05, 0) is 41.4 Å². The number of aromatic nitrogens is 3. The van der Waals surface area contributed by atoms with Crippen LogP contribution in [-0.2, 0) is 0 Å². The summed E-state index contributed by atoms with van der Waals surface area (Å²) in [7, 11) is 0. The van der Waals surface area contributed by atoms with E-state index in [4.69, 9.17) is 12.2 Å². The van der Waals surface area contributed by atoms with Gasteiger partial charge in [0.1, 0.15) is 5.65 Å². The predicted molar refractivity (Wildman–Crippen MR) is 121 cm³/mol. The van der Waals surface area contributed by atoms with Gasteiger partial charge in [0.25, 0.3) is 0 Å². The first kappa shape index (κ1) is 17.6. The van der Waals surface area contributed by atoms with E-state index in [9.17, 15) is 0 Å². The third kappa shape index (κ3) is 3.28. The summed E-state index contributed by atoms with van der Waals surface area (Å²) < 4.78 is 2.49. The van der Waals surface area contributed by atoms with Crippen molar-refractivity contribution in [3.63, 3.8) is 0 Å². The molecule has 1 N–H and O–H groups in total. The third-order valence-corrected chi connectivity index (χ3v) is 5.49. The Morgan fingerprint density at radius 2 is 1.38 bits per heavy atom. The summed E-state index contributed by atoms with van der Waals surface area (Å²) in [5.74, 6) is 0. The fourth-order valence-electron chi connectivity index (χ4n) is 3.57. The fourth-order valence-corrected chi connectivity index (χ4v) is 3.77. The normalized spacial score (nSPS) is 11.1. The lowest BCUT2D eigenvalue weighted by atomic mass is 10.0. The predicted octanol–water partition coefficient (Wildman–Crippen LogP) is 6.70. The summed E-state index contributed by atoms with van der Waals surface area (Å²) in [6.45, 7) is 2.09. The van der Waals surface area contributed by atoms with Crippen LogP contribution in [0.1, 0.15) is 5.56 Å². The molecule has 3 aromatic carbocycles. The minimum atomic E-state index is 0.541. The summed E-state index contributed by atoms with van der Waals surface area (Å²) in [5, 5.41) is 0. The van der Waals surface area contributed by atoms with Gasteiger partial charge in [0.15, 0.2) is 0 Å². The molecule has 0 aliphatic heterocycles. The Balaban J connectivity index is 1.60. The van der Waals surface area contributed by atoms with E-state index in [0.29, 0.717) is 4.77 Å². The number of rotatable bonds is 3. The second-order valence-corrected chi connectivity index (χ2v) is 7.52. The first-order chi connectivity index (χ1) is 14.2. The van der Waals surface area contributed by atoms with Gasteiger partial charge in [0, 0.05) is 18.0 Å². The number of nitrogens with zero attached hydrogens (tertiary/aromatic N) is 2. The minimum absolute atomic E-state index is 0.541. The first-order valence-corrected chi connectivity index (χ1v) is 9.93. The van der Waals surface area contributed by atoms with Crippen LogP contribution in [0, 0.1) is 11.7 Å². The molecule has 0 fully saturated rings. The smallest absolute Gasteiger partial charge is 0.205 e. The molecule has 140 valence electrons. The minimum Gasteiger partial charge on any atom is -0.339 e. The van der Waals surface area contributed by atoms with Gasteiger partial charge in [-0.15, -0.1) is 0 Å². The SMILES string of the molecule is Cc1ccc(-c2cnc(=S)n3cc(-c4ccc(-c5ccccc5)cc4)[nH]c23)cc1. The number of hydrogen-bond donors (Lipinski definition) is 1. The Labute approximate surface area is 174 Å². The van der Waals surface area contributed by atoms with Crippen LogP contribution >= 0.6 is 12.2 Å². The molecule has 0 saturated heterocycles. The molecule has 2 heterocycles. The van der Waals surface area contributed by atoms with Crippen molar-refractivity contribution in [1.82, 2.24) is 14.4 Å². The molecule has 0 aliphatic rings. The van der Waals surface area contributed by atoms with Crippen molar-refractivity contribution in [3.8, 4) is 33.5 Å². The second-order valence-electron chi connectivity index (χ2n) is 7.15. The maximum absolute atomic E-state index is 5.46. The molecular formula is C25H19N3S. The molecule has 4 heteroatoms. The van der Waals surface area contributed by atoms with E-state index in [1.807, 2.05) is 22.9 Å². The molecule has 0 spiro atoms. The Morgan fingerprint density at radius 1 is 0.759 bits per heavy atom. The molecule has 3 nitrogen and oxygen atoms in total. The van der Waals surface area contributed by atoms with E-state index in [1.54, 1.807) is 0 Å². The Bertz CT molecular complexity index is 1350. The number of aryl methyl sites for hydroxylation is 1. The molecule has 2 aromatic heterocycles. The summed E-state index contributed by atoms with van der Waals surface area (Å²) in [6.07, 6.45) is 3.88. The number of H-pyrrole nitrogens is 1. The highest BCUT2D eigenvalue weighted by atomic mass is 32.1. The lowest BCUT2D eigenvalue weighted by Crippen LogP contribution is -1.92. The lowest BCUT2D eigenvalue weighted by Gasteiger charge is -2.04. The number of imidazole rings is 1. The van der Waals surface area contributed by atoms with Crippen LogP contribution in [0.3, 0.4) is 0 Å². The van der Waals surface area contributed by atoms with Crippen molar-refractivity contribution in [2.75, 3.05) is 0 Å². The monoisotopic (exact) mass is 393 g/mol. The van der Waals surface area contributed by atoms with Gasteiger partial charge in [0.05, 0.1) is 5.69 Å². The molecule has 0 unspecified atom stereocenters. The Hall–Kier alpha value is -3.50. The summed E-state index contributed by atoms with van der Waals surface area (Å²) in [5.41, 5.74) is 8.86. The summed E-state index contributed by atoms with van der Waals surface area (Å²) in [4.78, 5) is 7.97. The average Bonchev–Trinajstić information content (AvgIpc) is 3.22. The van der Waals surface area contributed by atoms with Crippen LogP contribution in [-0.4, -0.2) is 14.4 Å². The zero-order chi connectivity index (χ0) is 19.8. The largest absolute Gasteiger partial charge is 0.339 e. The molecule has 0 amide bonds. The van der Waals surface area contributed by atoms with E-state index in [1.165, 1.54) is 16.7 Å². The zero-order valence-corrected chi connectivity index (χ0v) is 16.8. The highest BCUT2D eigenvalue weighted by Crippen LogP contribution is 2.28. The molecular weight excluding hydrogens is 374 g/mol. The van der Waals surface area contributed by atoms with Crippen LogP contribution in [0.2, 0.25) is 0 Å². The first-order valence-electron chi connectivity index (χ1n) is 9.52. The van der Waals surface area contributed by atoms with E-state index < -0.39 is 0 Å². The summed E-state index contributed by atoms with van der Waals surface area (Å²) >= 11 is 5.46. The van der Waals surface area contributed by atoms with E-state index in [2.05, 4.69) is 89.7 Å². The van der Waals surface area contributed by atoms with Crippen molar-refractivity contribution in [2.45, 2.75) is 6.92 Å². The number of fused-ring (bicyclic) bond motifs is 1. The molecule has 29 heavy (non-hydrogen) atoms. The highest BCUT2D eigenvalue weighted by Gasteiger charge is 2.10. The molecule has 0 aliphatic carbocycles. The van der Waals surface area contributed by atoms with Crippen molar-refractivity contribution < 1.29 is 0 Å². The van der Waals surface area contributed by atoms with Crippen LogP contribution < -0.4 is 0 Å². The molecule has 0 atom stereocenters. The van der Waals surface area contributed by atoms with Gasteiger partial charge in [-0.3, -0.25) is 4.40 Å². The topological polar surface area (TPSA) is 33.1 Å². The lowest BCUT2D eigenvalue weighted by molar-refractivity contribution is 1.06. The van der Waals surface area contributed by atoms with Gasteiger partial charge in [-0.25, -0.2) is 4.98 Å². The van der Waals surface area contributed by atoms with Crippen LogP contribution in [0.15, 0.2) is 91.3 Å². The highest BCUT2D eigenvalue weighted by molar-refractivity contribution is 7.71. The van der Waals surface area contributed by atoms with Crippen LogP contribution in [0.5, 0.6) is 0 Å². The number of nitrogens with one attached hydrogen (secondary N) is 1. The Morgan fingerprint density at radius 3 is 2.10 bits per heavy atom. The van der Waals surface area contributed by atoms with E-state index in [0.717, 1.165) is 28.0 Å². The summed E-state index contributed by atoms with van der Waals surface area (Å²) in [6, 6.07) is 27.4. The van der Waals surface area contributed by atoms with Gasteiger partial charge < -0.3 is 4.98 Å². The van der Waals surface area contributed by atoms with Crippen LogP contribution in [0.25, 0.3) is 39.2 Å². The molecule has 0 saturated carbocycles. The third-order valence-electron chi connectivity index (χ3n) is 5.18. The quantitative estimate of drug-likeness (QED) is 0.346. The average molecular weight is 394 g/mol. The number of benzene rings is 3. The zero-order valence-electron chi connectivity index (χ0n) is 16.0. The van der Waals surface area contributed by atoms with Gasteiger partial charge in [-0.1, -0.05) is 84.4 Å². The molecule has 5 rings (SSSR count). The fraction of sp³-hybridized carbons (Fsp3) is 0.0400. The maximum atomic E-state index is 5.46.